The van der Waals surface area contributed by atoms with E-state index in [1.807, 2.05) is 0 Å². The Labute approximate surface area is 515 Å². The molecule has 0 radical (unpaired) electrons. The Morgan fingerprint density at radius 1 is 0.360 bits per heavy atom. The van der Waals surface area contributed by atoms with Crippen LogP contribution in [-0.4, -0.2) is 12.3 Å². The van der Waals surface area contributed by atoms with E-state index in [-0.39, 0.29) is 56.1 Å². The topological polar surface area (TPSA) is 9.72 Å². The molecule has 0 saturated heterocycles. The standard InChI is InChI=1S/C82H90BN3/c1-50-55-26-19-20-27-57(55)73-56(50)28-23-29-68(73)85-70-49-63-61(78(8,9)39-41-80(63,12)13)47-66(70)83-65-46-60-62(79(10,11)40-38-77(60,6)7)48-69(65)84(53-31-32-58-59(43-53)76(4,5)37-36-75(58,2)3)71-44-54(45-72(85)74(71)83)86-67-33-30-52(51-24-17-16-18-25-51)42-64(67)81(14)34-21-22-35-82(81,86)15/h16-20,23-33,42-50H,21-22,34-41H2,1-15H3/t50-,81?,82?/m1/s1. The molecule has 5 aliphatic carbocycles. The summed E-state index contributed by atoms with van der Waals surface area (Å²) in [6.07, 6.45) is 11.8. The first-order valence-corrected chi connectivity index (χ1v) is 33.3. The van der Waals surface area contributed by atoms with Crippen LogP contribution in [0, 0.1) is 0 Å². The van der Waals surface area contributed by atoms with Crippen LogP contribution in [0.15, 0.2) is 146 Å². The number of fused-ring (bicyclic) bond motifs is 13. The van der Waals surface area contributed by atoms with Crippen LogP contribution in [0.4, 0.5) is 45.5 Å². The van der Waals surface area contributed by atoms with E-state index in [4.69, 9.17) is 0 Å². The van der Waals surface area contributed by atoms with Crippen LogP contribution in [0.5, 0.6) is 0 Å². The van der Waals surface area contributed by atoms with Crippen molar-refractivity contribution >= 4 is 68.6 Å². The van der Waals surface area contributed by atoms with Gasteiger partial charge in [-0.1, -0.05) is 201 Å². The molecule has 86 heavy (non-hydrogen) atoms. The van der Waals surface area contributed by atoms with Gasteiger partial charge in [-0.3, -0.25) is 0 Å². The zero-order valence-corrected chi connectivity index (χ0v) is 54.4. The van der Waals surface area contributed by atoms with Gasteiger partial charge in [0.15, 0.2) is 0 Å². The summed E-state index contributed by atoms with van der Waals surface area (Å²) in [5.41, 5.74) is 33.6. The van der Waals surface area contributed by atoms with Gasteiger partial charge in [-0.2, -0.15) is 0 Å². The third-order valence-electron chi connectivity index (χ3n) is 25.0. The second-order valence-electron chi connectivity index (χ2n) is 32.7. The lowest BCUT2D eigenvalue weighted by atomic mass is 9.32. The number of rotatable bonds is 4. The summed E-state index contributed by atoms with van der Waals surface area (Å²) in [7, 11) is 0. The zero-order valence-electron chi connectivity index (χ0n) is 54.4. The molecule has 8 aliphatic rings. The molecule has 0 amide bonds. The van der Waals surface area contributed by atoms with Crippen molar-refractivity contribution < 1.29 is 0 Å². The van der Waals surface area contributed by atoms with Crippen molar-refractivity contribution in [3.63, 3.8) is 0 Å². The van der Waals surface area contributed by atoms with Crippen LogP contribution in [-0.2, 0) is 37.9 Å². The third-order valence-corrected chi connectivity index (χ3v) is 25.0. The second-order valence-corrected chi connectivity index (χ2v) is 32.7. The summed E-state index contributed by atoms with van der Waals surface area (Å²) >= 11 is 0. The highest BCUT2D eigenvalue weighted by molar-refractivity contribution is 7.00. The number of benzene rings is 8. The molecule has 1 saturated carbocycles. The maximum atomic E-state index is 2.89. The molecule has 3 atom stereocenters. The van der Waals surface area contributed by atoms with E-state index in [2.05, 4.69) is 264 Å². The van der Waals surface area contributed by atoms with E-state index < -0.39 is 0 Å². The maximum Gasteiger partial charge on any atom is 0.252 e. The summed E-state index contributed by atoms with van der Waals surface area (Å²) in [5.74, 6) is 0.284. The summed E-state index contributed by atoms with van der Waals surface area (Å²) in [5, 5.41) is 0. The molecule has 1 fully saturated rings. The van der Waals surface area contributed by atoms with Gasteiger partial charge >= 0.3 is 0 Å². The van der Waals surface area contributed by atoms with Gasteiger partial charge in [0.1, 0.15) is 0 Å². The van der Waals surface area contributed by atoms with E-state index in [0.29, 0.717) is 0 Å². The predicted octanol–water partition coefficient (Wildman–Crippen LogP) is 20.4. The SMILES string of the molecule is C[C@@H]1c2ccccc2-c2c1cccc2N1c2cc3c(cc2B2c4cc5c(cc4N(c4ccc6c(c4)C(C)(C)CCC6(C)C)c4cc(N6c7ccc(-c8ccccc8)cc7C7(C)CCCCC67C)cc1c42)C(C)(C)CCC5(C)C)C(C)(C)CCC3(C)C. The van der Waals surface area contributed by atoms with Crippen LogP contribution >= 0.6 is 0 Å². The summed E-state index contributed by atoms with van der Waals surface area (Å²) in [6.45, 7) is 38.0. The summed E-state index contributed by atoms with van der Waals surface area (Å²) in [6, 6.07) is 59.5. The highest BCUT2D eigenvalue weighted by Gasteiger charge is 2.59. The molecule has 2 unspecified atom stereocenters. The highest BCUT2D eigenvalue weighted by atomic mass is 15.3. The fourth-order valence-electron chi connectivity index (χ4n) is 19.1. The van der Waals surface area contributed by atoms with Gasteiger partial charge in [0, 0.05) is 56.7 Å². The van der Waals surface area contributed by atoms with Gasteiger partial charge in [0.05, 0.1) is 11.2 Å². The lowest BCUT2D eigenvalue weighted by Crippen LogP contribution is -2.62. The molecule has 0 aromatic heterocycles. The van der Waals surface area contributed by atoms with Crippen LogP contribution in [0.1, 0.15) is 224 Å². The van der Waals surface area contributed by atoms with Crippen molar-refractivity contribution in [2.45, 2.75) is 217 Å². The number of hydrogen-bond donors (Lipinski definition) is 0. The molecule has 3 aliphatic heterocycles. The largest absolute Gasteiger partial charge is 0.334 e. The van der Waals surface area contributed by atoms with E-state index in [9.17, 15) is 0 Å². The minimum Gasteiger partial charge on any atom is -0.334 e. The van der Waals surface area contributed by atoms with Crippen molar-refractivity contribution in [1.82, 2.24) is 0 Å². The van der Waals surface area contributed by atoms with Crippen molar-refractivity contribution in [3.8, 4) is 22.3 Å². The van der Waals surface area contributed by atoms with Gasteiger partial charge < -0.3 is 14.7 Å². The maximum absolute atomic E-state index is 2.89. The number of nitrogens with zero attached hydrogens (tertiary/aromatic N) is 3. The van der Waals surface area contributed by atoms with E-state index in [1.165, 1.54) is 173 Å². The number of hydrogen-bond acceptors (Lipinski definition) is 3. The Morgan fingerprint density at radius 3 is 1.51 bits per heavy atom. The normalized spacial score (nSPS) is 24.7. The van der Waals surface area contributed by atoms with E-state index >= 15 is 0 Å². The molecular formula is C82H90BN3. The summed E-state index contributed by atoms with van der Waals surface area (Å²) in [4.78, 5) is 8.56. The Hall–Kier alpha value is -6.78. The van der Waals surface area contributed by atoms with Gasteiger partial charge in [-0.15, -0.1) is 0 Å². The fraction of sp³-hybridized carbons (Fsp3) is 0.415. The predicted molar refractivity (Wildman–Crippen MR) is 368 cm³/mol. The molecular weight excluding hydrogens is 1040 g/mol. The van der Waals surface area contributed by atoms with Crippen LogP contribution in [0.2, 0.25) is 0 Å². The highest BCUT2D eigenvalue weighted by Crippen LogP contribution is 2.64. The zero-order chi connectivity index (χ0) is 59.8. The van der Waals surface area contributed by atoms with Crippen molar-refractivity contribution in [1.29, 1.82) is 0 Å². The third kappa shape index (κ3) is 7.34. The quantitative estimate of drug-likeness (QED) is 0.163. The van der Waals surface area contributed by atoms with Crippen LogP contribution in [0.25, 0.3) is 22.3 Å². The molecule has 0 spiro atoms. The lowest BCUT2D eigenvalue weighted by Gasteiger charge is -2.52. The molecule has 4 heteroatoms. The van der Waals surface area contributed by atoms with Gasteiger partial charge in [0.25, 0.3) is 6.71 Å². The minimum absolute atomic E-state index is 0.00122. The lowest BCUT2D eigenvalue weighted by molar-refractivity contribution is 0.195. The Morgan fingerprint density at radius 2 is 0.884 bits per heavy atom. The monoisotopic (exact) mass is 1130 g/mol. The second kappa shape index (κ2) is 17.7. The van der Waals surface area contributed by atoms with Crippen molar-refractivity contribution in [2.24, 2.45) is 0 Å². The van der Waals surface area contributed by atoms with Crippen molar-refractivity contribution in [2.75, 3.05) is 14.7 Å². The Kier molecular flexibility index (Phi) is 11.3. The van der Waals surface area contributed by atoms with Crippen molar-refractivity contribution in [3.05, 3.63) is 196 Å². The summed E-state index contributed by atoms with van der Waals surface area (Å²) < 4.78 is 0. The van der Waals surface area contributed by atoms with E-state index in [0.717, 1.165) is 25.7 Å². The Balaban J connectivity index is 1.07. The smallest absolute Gasteiger partial charge is 0.252 e. The molecule has 8 aromatic carbocycles. The molecule has 3 heterocycles. The first-order valence-electron chi connectivity index (χ1n) is 33.3. The molecule has 8 aromatic rings. The van der Waals surface area contributed by atoms with Gasteiger partial charge in [-0.05, 0) is 229 Å². The first-order chi connectivity index (χ1) is 40.7. The average molecular weight is 1130 g/mol. The van der Waals surface area contributed by atoms with Crippen LogP contribution < -0.4 is 31.1 Å². The Bertz CT molecular complexity index is 4230. The average Bonchev–Trinajstić information content (AvgIpc) is 1.19. The fourth-order valence-corrected chi connectivity index (χ4v) is 19.1. The van der Waals surface area contributed by atoms with Gasteiger partial charge in [-0.25, -0.2) is 0 Å². The number of anilines is 8. The van der Waals surface area contributed by atoms with E-state index in [1.54, 1.807) is 0 Å². The first kappa shape index (κ1) is 54.6. The molecule has 0 bridgehead atoms. The molecule has 16 rings (SSSR count). The molecule has 0 N–H and O–H groups in total. The molecule has 436 valence electrons. The van der Waals surface area contributed by atoms with Gasteiger partial charge in [0.2, 0.25) is 0 Å². The van der Waals surface area contributed by atoms with Crippen LogP contribution in [0.3, 0.4) is 0 Å². The molecule has 3 nitrogen and oxygen atoms in total. The minimum atomic E-state index is -0.189.